The number of halogens is 1. The Morgan fingerprint density at radius 2 is 2.04 bits per heavy atom. The Bertz CT molecular complexity index is 715. The highest BCUT2D eigenvalue weighted by atomic mass is 127. The summed E-state index contributed by atoms with van der Waals surface area (Å²) in [7, 11) is 0. The molecule has 0 spiro atoms. The first kappa shape index (κ1) is 22.7. The zero-order chi connectivity index (χ0) is 18.2. The molecule has 0 amide bonds. The topological polar surface area (TPSA) is 58.5 Å². The summed E-state index contributed by atoms with van der Waals surface area (Å²) in [4.78, 5) is 10.4. The number of benzene rings is 1. The molecule has 7 heteroatoms. The second kappa shape index (κ2) is 11.4. The average molecular weight is 488 g/mol. The van der Waals surface area contributed by atoms with Crippen LogP contribution >= 0.6 is 35.3 Å². The average Bonchev–Trinajstić information content (AvgIpc) is 2.87. The fraction of sp³-hybridized carbons (Fsp3) is 0.474. The minimum atomic E-state index is 0. The summed E-state index contributed by atoms with van der Waals surface area (Å²) < 4.78 is 5.74. The highest BCUT2D eigenvalue weighted by Gasteiger charge is 2.06. The van der Waals surface area contributed by atoms with Crippen molar-refractivity contribution in [3.8, 4) is 5.75 Å². The summed E-state index contributed by atoms with van der Waals surface area (Å²) in [5.41, 5.74) is 2.21. The van der Waals surface area contributed by atoms with Crippen LogP contribution in [0.2, 0.25) is 0 Å². The van der Waals surface area contributed by atoms with Crippen LogP contribution in [0.15, 0.2) is 29.3 Å². The van der Waals surface area contributed by atoms with Crippen molar-refractivity contribution in [1.82, 2.24) is 15.6 Å². The number of aliphatic imine (C=N–C) groups is 1. The van der Waals surface area contributed by atoms with Gasteiger partial charge in [-0.1, -0.05) is 12.1 Å². The highest BCUT2D eigenvalue weighted by Crippen LogP contribution is 2.17. The number of nitrogens with one attached hydrogen (secondary N) is 2. The summed E-state index contributed by atoms with van der Waals surface area (Å²) >= 11 is 1.72. The molecular formula is C19H29IN4OS. The van der Waals surface area contributed by atoms with Crippen LogP contribution in [0.3, 0.4) is 0 Å². The van der Waals surface area contributed by atoms with Gasteiger partial charge in [0.25, 0.3) is 0 Å². The third kappa shape index (κ3) is 7.49. The second-order valence-electron chi connectivity index (χ2n) is 6.10. The lowest BCUT2D eigenvalue weighted by Crippen LogP contribution is -2.36. The molecule has 26 heavy (non-hydrogen) atoms. The second-order valence-corrected chi connectivity index (χ2v) is 7.39. The number of hydrogen-bond donors (Lipinski definition) is 2. The molecule has 0 bridgehead atoms. The Morgan fingerprint density at radius 3 is 2.65 bits per heavy atom. The highest BCUT2D eigenvalue weighted by molar-refractivity contribution is 14.0. The maximum Gasteiger partial charge on any atom is 0.191 e. The molecule has 0 aliphatic heterocycles. The standard InChI is InChI=1S/C19H28N4OS.HI/c1-6-20-19(22-12-18-14(4)23-15(5)25-18)21-11-16-8-7-9-17(10-16)24-13(2)3;/h7-10,13H,6,11-12H2,1-5H3,(H2,20,21,22);1H. The van der Waals surface area contributed by atoms with E-state index in [1.165, 1.54) is 4.88 Å². The van der Waals surface area contributed by atoms with Gasteiger partial charge in [-0.3, -0.25) is 0 Å². The Hall–Kier alpha value is -1.35. The first-order chi connectivity index (χ1) is 12.0. The van der Waals surface area contributed by atoms with E-state index < -0.39 is 0 Å². The van der Waals surface area contributed by atoms with Gasteiger partial charge in [0.05, 0.1) is 29.9 Å². The number of aromatic nitrogens is 1. The van der Waals surface area contributed by atoms with Gasteiger partial charge in [0, 0.05) is 11.4 Å². The first-order valence-electron chi connectivity index (χ1n) is 8.68. The number of guanidine groups is 1. The summed E-state index contributed by atoms with van der Waals surface area (Å²) in [6.45, 7) is 12.4. The number of ether oxygens (including phenoxy) is 1. The molecule has 2 N–H and O–H groups in total. The van der Waals surface area contributed by atoms with Crippen LogP contribution in [0.5, 0.6) is 5.75 Å². The SMILES string of the molecule is CCNC(=NCc1cccc(OC(C)C)c1)NCc1sc(C)nc1C.I. The lowest BCUT2D eigenvalue weighted by molar-refractivity contribution is 0.242. The van der Waals surface area contributed by atoms with E-state index in [-0.39, 0.29) is 30.1 Å². The molecule has 1 heterocycles. The van der Waals surface area contributed by atoms with Crippen LogP contribution in [-0.2, 0) is 13.1 Å². The van der Waals surface area contributed by atoms with Crippen LogP contribution in [0.4, 0.5) is 0 Å². The van der Waals surface area contributed by atoms with Gasteiger partial charge in [-0.2, -0.15) is 0 Å². The van der Waals surface area contributed by atoms with Crippen LogP contribution in [0.1, 0.15) is 41.9 Å². The van der Waals surface area contributed by atoms with Gasteiger partial charge < -0.3 is 15.4 Å². The van der Waals surface area contributed by atoms with E-state index in [4.69, 9.17) is 4.74 Å². The zero-order valence-corrected chi connectivity index (χ0v) is 19.3. The van der Waals surface area contributed by atoms with Gasteiger partial charge in [0.1, 0.15) is 5.75 Å². The van der Waals surface area contributed by atoms with Crippen molar-refractivity contribution < 1.29 is 4.74 Å². The fourth-order valence-corrected chi connectivity index (χ4v) is 3.28. The van der Waals surface area contributed by atoms with Gasteiger partial charge in [0.2, 0.25) is 0 Å². The predicted molar refractivity (Wildman–Crippen MR) is 121 cm³/mol. The van der Waals surface area contributed by atoms with E-state index in [1.807, 2.05) is 45.9 Å². The summed E-state index contributed by atoms with van der Waals surface area (Å²) in [6.07, 6.45) is 0.170. The van der Waals surface area contributed by atoms with Crippen LogP contribution in [0, 0.1) is 13.8 Å². The van der Waals surface area contributed by atoms with Gasteiger partial charge in [0.15, 0.2) is 5.96 Å². The monoisotopic (exact) mass is 488 g/mol. The molecule has 1 aromatic carbocycles. The van der Waals surface area contributed by atoms with E-state index >= 15 is 0 Å². The third-order valence-corrected chi connectivity index (χ3v) is 4.52. The number of aryl methyl sites for hydroxylation is 2. The molecule has 0 aliphatic rings. The number of hydrogen-bond acceptors (Lipinski definition) is 4. The summed E-state index contributed by atoms with van der Waals surface area (Å²) in [5, 5.41) is 7.77. The van der Waals surface area contributed by atoms with Crippen LogP contribution in [0.25, 0.3) is 0 Å². The zero-order valence-electron chi connectivity index (χ0n) is 16.1. The Balaban J connectivity index is 0.00000338. The van der Waals surface area contributed by atoms with Crippen molar-refractivity contribution in [2.24, 2.45) is 4.99 Å². The fourth-order valence-electron chi connectivity index (χ4n) is 2.40. The maximum absolute atomic E-state index is 5.74. The molecule has 0 aliphatic carbocycles. The van der Waals surface area contributed by atoms with E-state index in [0.717, 1.165) is 41.1 Å². The Labute approximate surface area is 177 Å². The molecule has 2 aromatic rings. The molecule has 2 rings (SSSR count). The summed E-state index contributed by atoms with van der Waals surface area (Å²) in [6, 6.07) is 8.10. The molecule has 0 saturated heterocycles. The molecule has 0 unspecified atom stereocenters. The quantitative estimate of drug-likeness (QED) is 0.344. The molecule has 5 nitrogen and oxygen atoms in total. The van der Waals surface area contributed by atoms with Gasteiger partial charge in [-0.25, -0.2) is 9.98 Å². The van der Waals surface area contributed by atoms with E-state index in [1.54, 1.807) is 11.3 Å². The van der Waals surface area contributed by atoms with Crippen LogP contribution in [-0.4, -0.2) is 23.6 Å². The van der Waals surface area contributed by atoms with E-state index in [2.05, 4.69) is 33.6 Å². The van der Waals surface area contributed by atoms with Crippen molar-refractivity contribution in [3.63, 3.8) is 0 Å². The lowest BCUT2D eigenvalue weighted by atomic mass is 10.2. The first-order valence-corrected chi connectivity index (χ1v) is 9.50. The lowest BCUT2D eigenvalue weighted by Gasteiger charge is -2.12. The maximum atomic E-state index is 5.74. The molecule has 0 saturated carbocycles. The van der Waals surface area contributed by atoms with Gasteiger partial charge in [-0.15, -0.1) is 35.3 Å². The van der Waals surface area contributed by atoms with Crippen molar-refractivity contribution in [1.29, 1.82) is 0 Å². The minimum absolute atomic E-state index is 0. The van der Waals surface area contributed by atoms with Gasteiger partial charge >= 0.3 is 0 Å². The Kier molecular flexibility index (Phi) is 9.93. The van der Waals surface area contributed by atoms with Crippen molar-refractivity contribution in [2.45, 2.75) is 53.8 Å². The summed E-state index contributed by atoms with van der Waals surface area (Å²) in [5.74, 6) is 1.69. The molecule has 0 radical (unpaired) electrons. The number of thiazole rings is 1. The van der Waals surface area contributed by atoms with Crippen molar-refractivity contribution in [2.75, 3.05) is 6.54 Å². The Morgan fingerprint density at radius 1 is 1.27 bits per heavy atom. The minimum Gasteiger partial charge on any atom is -0.491 e. The molecule has 0 fully saturated rings. The van der Waals surface area contributed by atoms with Crippen molar-refractivity contribution >= 4 is 41.3 Å². The molecule has 1 aromatic heterocycles. The third-order valence-electron chi connectivity index (χ3n) is 3.45. The van der Waals surface area contributed by atoms with Crippen molar-refractivity contribution in [3.05, 3.63) is 45.4 Å². The largest absolute Gasteiger partial charge is 0.491 e. The van der Waals surface area contributed by atoms with Gasteiger partial charge in [-0.05, 0) is 52.3 Å². The molecular weight excluding hydrogens is 459 g/mol. The molecule has 144 valence electrons. The van der Waals surface area contributed by atoms with Crippen LogP contribution < -0.4 is 15.4 Å². The normalized spacial score (nSPS) is 11.2. The number of rotatable bonds is 7. The predicted octanol–water partition coefficient (Wildman–Crippen LogP) is 4.42. The molecule has 0 atom stereocenters. The van der Waals surface area contributed by atoms with E-state index in [0.29, 0.717) is 6.54 Å². The number of nitrogens with zero attached hydrogens (tertiary/aromatic N) is 2. The smallest absolute Gasteiger partial charge is 0.191 e. The van der Waals surface area contributed by atoms with E-state index in [9.17, 15) is 0 Å².